The van der Waals surface area contributed by atoms with Gasteiger partial charge in [0.1, 0.15) is 0 Å². The van der Waals surface area contributed by atoms with Crippen LogP contribution in [0.25, 0.3) is 0 Å². The van der Waals surface area contributed by atoms with E-state index in [0.717, 1.165) is 17.9 Å². The number of unbranched alkanes of at least 4 members (excludes halogenated alkanes) is 2. The van der Waals surface area contributed by atoms with Crippen molar-refractivity contribution in [2.45, 2.75) is 39.5 Å². The average molecular weight is 248 g/mol. The lowest BCUT2D eigenvalue weighted by molar-refractivity contribution is -0.115. The lowest BCUT2D eigenvalue weighted by Crippen LogP contribution is -2.18. The third kappa shape index (κ3) is 4.78. The molecular formula is C15H24N2O. The van der Waals surface area contributed by atoms with Crippen LogP contribution >= 0.6 is 0 Å². The second-order valence-electron chi connectivity index (χ2n) is 4.58. The standard InChI is InChI=1S/C15H24N2O/c1-4-6-7-11-17(3)14-10-8-9-13(12-14)16-15(18)5-2/h8-10,12H,4-7,11H2,1-3H3,(H,16,18). The Morgan fingerprint density at radius 1 is 1.28 bits per heavy atom. The van der Waals surface area contributed by atoms with Gasteiger partial charge in [0.25, 0.3) is 0 Å². The molecule has 18 heavy (non-hydrogen) atoms. The SMILES string of the molecule is CCCCCN(C)c1cccc(NC(=O)CC)c1. The molecule has 0 aliphatic rings. The minimum atomic E-state index is 0.0563. The molecule has 1 rings (SSSR count). The van der Waals surface area contributed by atoms with Gasteiger partial charge in [-0.05, 0) is 24.6 Å². The van der Waals surface area contributed by atoms with Crippen LogP contribution in [0, 0.1) is 0 Å². The lowest BCUT2D eigenvalue weighted by atomic mass is 10.2. The molecule has 0 aromatic heterocycles. The number of rotatable bonds is 7. The maximum absolute atomic E-state index is 11.3. The van der Waals surface area contributed by atoms with Crippen molar-refractivity contribution in [3.8, 4) is 0 Å². The fourth-order valence-corrected chi connectivity index (χ4v) is 1.80. The molecule has 0 radical (unpaired) electrons. The highest BCUT2D eigenvalue weighted by atomic mass is 16.1. The number of anilines is 2. The first kappa shape index (κ1) is 14.6. The van der Waals surface area contributed by atoms with Crippen molar-refractivity contribution in [2.75, 3.05) is 23.8 Å². The highest BCUT2D eigenvalue weighted by Crippen LogP contribution is 2.19. The first-order valence-corrected chi connectivity index (χ1v) is 6.78. The van der Waals surface area contributed by atoms with Crippen LogP contribution in [0.5, 0.6) is 0 Å². The van der Waals surface area contributed by atoms with Crippen molar-refractivity contribution in [3.63, 3.8) is 0 Å². The summed E-state index contributed by atoms with van der Waals surface area (Å²) >= 11 is 0. The summed E-state index contributed by atoms with van der Waals surface area (Å²) in [5.74, 6) is 0.0563. The molecule has 0 fully saturated rings. The predicted octanol–water partition coefficient (Wildman–Crippen LogP) is 3.66. The molecule has 0 unspecified atom stereocenters. The largest absolute Gasteiger partial charge is 0.375 e. The number of hydrogen-bond acceptors (Lipinski definition) is 2. The van der Waals surface area contributed by atoms with Gasteiger partial charge in [0.05, 0.1) is 0 Å². The number of amides is 1. The van der Waals surface area contributed by atoms with Crippen LogP contribution in [0.4, 0.5) is 11.4 Å². The highest BCUT2D eigenvalue weighted by molar-refractivity contribution is 5.90. The number of nitrogens with zero attached hydrogens (tertiary/aromatic N) is 1. The lowest BCUT2D eigenvalue weighted by Gasteiger charge is -2.20. The van der Waals surface area contributed by atoms with E-state index in [9.17, 15) is 4.79 Å². The fraction of sp³-hybridized carbons (Fsp3) is 0.533. The van der Waals surface area contributed by atoms with Crippen LogP contribution < -0.4 is 10.2 Å². The maximum atomic E-state index is 11.3. The Hall–Kier alpha value is -1.51. The minimum Gasteiger partial charge on any atom is -0.375 e. The van der Waals surface area contributed by atoms with Gasteiger partial charge < -0.3 is 10.2 Å². The van der Waals surface area contributed by atoms with Crippen molar-refractivity contribution < 1.29 is 4.79 Å². The second kappa shape index (κ2) is 7.75. The van der Waals surface area contributed by atoms with E-state index in [-0.39, 0.29) is 5.91 Å². The molecule has 3 nitrogen and oxygen atoms in total. The summed E-state index contributed by atoms with van der Waals surface area (Å²) in [6.45, 7) is 5.12. The zero-order chi connectivity index (χ0) is 13.4. The topological polar surface area (TPSA) is 32.3 Å². The van der Waals surface area contributed by atoms with Crippen molar-refractivity contribution in [1.82, 2.24) is 0 Å². The zero-order valence-corrected chi connectivity index (χ0v) is 11.7. The van der Waals surface area contributed by atoms with E-state index < -0.39 is 0 Å². The Morgan fingerprint density at radius 3 is 2.72 bits per heavy atom. The van der Waals surface area contributed by atoms with E-state index in [4.69, 9.17) is 0 Å². The summed E-state index contributed by atoms with van der Waals surface area (Å²) in [5.41, 5.74) is 2.03. The van der Waals surface area contributed by atoms with E-state index in [2.05, 4.69) is 30.3 Å². The van der Waals surface area contributed by atoms with Gasteiger partial charge in [0.15, 0.2) is 0 Å². The van der Waals surface area contributed by atoms with Gasteiger partial charge in [-0.2, -0.15) is 0 Å². The van der Waals surface area contributed by atoms with Crippen LogP contribution in [0.2, 0.25) is 0 Å². The molecule has 0 spiro atoms. The van der Waals surface area contributed by atoms with Crippen LogP contribution in [0.1, 0.15) is 39.5 Å². The molecular weight excluding hydrogens is 224 g/mol. The summed E-state index contributed by atoms with van der Waals surface area (Å²) in [6, 6.07) is 8.01. The third-order valence-electron chi connectivity index (χ3n) is 2.99. The predicted molar refractivity (Wildman–Crippen MR) is 78.2 cm³/mol. The van der Waals surface area contributed by atoms with Crippen LogP contribution in [-0.4, -0.2) is 19.5 Å². The Balaban J connectivity index is 2.60. The number of nitrogens with one attached hydrogen (secondary N) is 1. The molecule has 0 bridgehead atoms. The average Bonchev–Trinajstić information content (AvgIpc) is 2.39. The molecule has 100 valence electrons. The molecule has 3 heteroatoms. The van der Waals surface area contributed by atoms with E-state index in [1.54, 1.807) is 0 Å². The third-order valence-corrected chi connectivity index (χ3v) is 2.99. The van der Waals surface area contributed by atoms with Crippen LogP contribution in [0.3, 0.4) is 0 Å². The highest BCUT2D eigenvalue weighted by Gasteiger charge is 2.03. The van der Waals surface area contributed by atoms with Crippen molar-refractivity contribution >= 4 is 17.3 Å². The van der Waals surface area contributed by atoms with Crippen molar-refractivity contribution in [3.05, 3.63) is 24.3 Å². The van der Waals surface area contributed by atoms with E-state index in [0.29, 0.717) is 6.42 Å². The molecule has 1 amide bonds. The minimum absolute atomic E-state index is 0.0563. The number of carbonyl (C=O) groups is 1. The van der Waals surface area contributed by atoms with Gasteiger partial charge in [-0.1, -0.05) is 32.8 Å². The smallest absolute Gasteiger partial charge is 0.224 e. The molecule has 0 atom stereocenters. The molecule has 0 aliphatic carbocycles. The van der Waals surface area contributed by atoms with Crippen molar-refractivity contribution in [2.24, 2.45) is 0 Å². The molecule has 0 saturated carbocycles. The molecule has 1 aromatic carbocycles. The second-order valence-corrected chi connectivity index (χ2v) is 4.58. The van der Waals surface area contributed by atoms with Gasteiger partial charge in [0.2, 0.25) is 5.91 Å². The summed E-state index contributed by atoms with van der Waals surface area (Å²) in [6.07, 6.45) is 4.21. The molecule has 0 aliphatic heterocycles. The first-order chi connectivity index (χ1) is 8.67. The van der Waals surface area contributed by atoms with Gasteiger partial charge in [-0.3, -0.25) is 4.79 Å². The van der Waals surface area contributed by atoms with Crippen molar-refractivity contribution in [1.29, 1.82) is 0 Å². The Morgan fingerprint density at radius 2 is 2.06 bits per heavy atom. The van der Waals surface area contributed by atoms with Crippen LogP contribution in [-0.2, 0) is 4.79 Å². The molecule has 0 heterocycles. The maximum Gasteiger partial charge on any atom is 0.224 e. The molecule has 0 saturated heterocycles. The van der Waals surface area contributed by atoms with Gasteiger partial charge in [0, 0.05) is 31.4 Å². The van der Waals surface area contributed by atoms with Gasteiger partial charge in [-0.15, -0.1) is 0 Å². The number of carbonyl (C=O) groups excluding carboxylic acids is 1. The van der Waals surface area contributed by atoms with E-state index in [1.165, 1.54) is 19.3 Å². The van der Waals surface area contributed by atoms with E-state index in [1.807, 2.05) is 25.1 Å². The summed E-state index contributed by atoms with van der Waals surface area (Å²) in [5, 5.41) is 2.89. The van der Waals surface area contributed by atoms with E-state index >= 15 is 0 Å². The quantitative estimate of drug-likeness (QED) is 0.747. The molecule has 1 N–H and O–H groups in total. The fourth-order valence-electron chi connectivity index (χ4n) is 1.80. The first-order valence-electron chi connectivity index (χ1n) is 6.78. The number of hydrogen-bond donors (Lipinski definition) is 1. The van der Waals surface area contributed by atoms with Gasteiger partial charge >= 0.3 is 0 Å². The Bertz CT molecular complexity index is 377. The monoisotopic (exact) mass is 248 g/mol. The summed E-state index contributed by atoms with van der Waals surface area (Å²) < 4.78 is 0. The summed E-state index contributed by atoms with van der Waals surface area (Å²) in [4.78, 5) is 13.6. The van der Waals surface area contributed by atoms with Crippen LogP contribution in [0.15, 0.2) is 24.3 Å². The Labute approximate surface area is 110 Å². The summed E-state index contributed by atoms with van der Waals surface area (Å²) in [7, 11) is 2.09. The normalized spacial score (nSPS) is 10.2. The zero-order valence-electron chi connectivity index (χ0n) is 11.7. The van der Waals surface area contributed by atoms with Gasteiger partial charge in [-0.25, -0.2) is 0 Å². The molecule has 1 aromatic rings. The number of benzene rings is 1. The Kier molecular flexibility index (Phi) is 6.26.